The van der Waals surface area contributed by atoms with E-state index in [1.54, 1.807) is 55.2 Å². The van der Waals surface area contributed by atoms with Gasteiger partial charge in [0.1, 0.15) is 20.9 Å². The van der Waals surface area contributed by atoms with E-state index in [4.69, 9.17) is 21.1 Å². The van der Waals surface area contributed by atoms with Crippen LogP contribution < -0.4 is 0 Å². The van der Waals surface area contributed by atoms with Crippen molar-refractivity contribution in [2.45, 2.75) is 20.8 Å². The van der Waals surface area contributed by atoms with Crippen LogP contribution in [-0.4, -0.2) is 50.9 Å². The number of aromatic nitrogens is 4. The highest BCUT2D eigenvalue weighted by Crippen LogP contribution is 2.25. The van der Waals surface area contributed by atoms with Crippen molar-refractivity contribution in [3.05, 3.63) is 69.7 Å². The van der Waals surface area contributed by atoms with E-state index in [9.17, 15) is 14.4 Å². The van der Waals surface area contributed by atoms with Crippen molar-refractivity contribution >= 4 is 52.0 Å². The number of rotatable bonds is 7. The molecule has 0 saturated carbocycles. The standard InChI is InChI=1S/C13H12N2O3S.C11H9ClN2O2S/c1-3-18-13(17)11-7-19-12(15-11)9-4-5-10(8(2)16)14-6-9;1-2-16-11(15)8-6-17-10(14-8)7-3-4-9(12)13-5-7/h4-7H,3H2,1-2H3;3-6H,2H2,1H3. The molecule has 0 aliphatic carbocycles. The Morgan fingerprint density at radius 1 is 0.778 bits per heavy atom. The summed E-state index contributed by atoms with van der Waals surface area (Å²) in [5.74, 6) is -0.923. The lowest BCUT2D eigenvalue weighted by molar-refractivity contribution is 0.0511. The van der Waals surface area contributed by atoms with Crippen molar-refractivity contribution < 1.29 is 23.9 Å². The van der Waals surface area contributed by atoms with Crippen LogP contribution in [0.1, 0.15) is 52.2 Å². The van der Waals surface area contributed by atoms with Gasteiger partial charge >= 0.3 is 11.9 Å². The first kappa shape index (κ1) is 27.1. The monoisotopic (exact) mass is 544 g/mol. The molecule has 0 saturated heterocycles. The van der Waals surface area contributed by atoms with Gasteiger partial charge in [0.05, 0.1) is 13.2 Å². The molecule has 0 aliphatic rings. The number of halogens is 1. The van der Waals surface area contributed by atoms with Crippen molar-refractivity contribution in [3.8, 4) is 21.1 Å². The van der Waals surface area contributed by atoms with Crippen LogP contribution in [0.2, 0.25) is 5.15 Å². The molecule has 12 heteroatoms. The van der Waals surface area contributed by atoms with Gasteiger partial charge in [0.2, 0.25) is 0 Å². The van der Waals surface area contributed by atoms with E-state index in [0.717, 1.165) is 16.1 Å². The lowest BCUT2D eigenvalue weighted by atomic mass is 10.2. The van der Waals surface area contributed by atoms with Crippen LogP contribution in [0.25, 0.3) is 21.1 Å². The highest BCUT2D eigenvalue weighted by atomic mass is 35.5. The molecule has 36 heavy (non-hydrogen) atoms. The molecular formula is C24H21ClN4O5S2. The van der Waals surface area contributed by atoms with Gasteiger partial charge in [0, 0.05) is 41.2 Å². The van der Waals surface area contributed by atoms with Crippen molar-refractivity contribution in [1.82, 2.24) is 19.9 Å². The summed E-state index contributed by atoms with van der Waals surface area (Å²) in [4.78, 5) is 50.4. The van der Waals surface area contributed by atoms with Gasteiger partial charge in [-0.05, 0) is 38.1 Å². The van der Waals surface area contributed by atoms with Crippen molar-refractivity contribution in [2.24, 2.45) is 0 Å². The SMILES string of the molecule is CCOC(=O)c1csc(-c2ccc(C(C)=O)nc2)n1.CCOC(=O)c1csc(-c2ccc(Cl)nc2)n1. The second kappa shape index (κ2) is 13.0. The number of nitrogens with zero attached hydrogens (tertiary/aromatic N) is 4. The predicted molar refractivity (Wildman–Crippen MR) is 138 cm³/mol. The van der Waals surface area contributed by atoms with Crippen LogP contribution >= 0.6 is 34.3 Å². The Morgan fingerprint density at radius 2 is 1.28 bits per heavy atom. The Kier molecular flexibility index (Phi) is 9.74. The van der Waals surface area contributed by atoms with Gasteiger partial charge in [0.25, 0.3) is 0 Å². The molecule has 0 spiro atoms. The maximum absolute atomic E-state index is 11.5. The Hall–Kier alpha value is -3.54. The normalized spacial score (nSPS) is 10.2. The molecule has 0 bridgehead atoms. The van der Waals surface area contributed by atoms with Crippen molar-refractivity contribution in [2.75, 3.05) is 13.2 Å². The van der Waals surface area contributed by atoms with E-state index in [1.807, 2.05) is 6.07 Å². The highest BCUT2D eigenvalue weighted by molar-refractivity contribution is 7.13. The number of carbonyl (C=O) groups excluding carboxylic acids is 3. The highest BCUT2D eigenvalue weighted by Gasteiger charge is 2.14. The van der Waals surface area contributed by atoms with Gasteiger partial charge in [-0.2, -0.15) is 0 Å². The average molecular weight is 545 g/mol. The maximum atomic E-state index is 11.5. The fourth-order valence-electron chi connectivity index (χ4n) is 2.64. The topological polar surface area (TPSA) is 121 Å². The van der Waals surface area contributed by atoms with E-state index >= 15 is 0 Å². The third-order valence-electron chi connectivity index (χ3n) is 4.32. The molecule has 4 aromatic heterocycles. The Balaban J connectivity index is 0.000000202. The molecule has 0 unspecified atom stereocenters. The minimum Gasteiger partial charge on any atom is -0.461 e. The van der Waals surface area contributed by atoms with Crippen LogP contribution in [-0.2, 0) is 9.47 Å². The summed E-state index contributed by atoms with van der Waals surface area (Å²) in [6, 6.07) is 6.89. The smallest absolute Gasteiger partial charge is 0.357 e. The van der Waals surface area contributed by atoms with Crippen molar-refractivity contribution in [1.29, 1.82) is 0 Å². The first-order valence-electron chi connectivity index (χ1n) is 10.7. The van der Waals surface area contributed by atoms with Gasteiger partial charge in [-0.25, -0.2) is 24.5 Å². The molecule has 0 atom stereocenters. The van der Waals surface area contributed by atoms with Crippen LogP contribution in [0.5, 0.6) is 0 Å². The summed E-state index contributed by atoms with van der Waals surface area (Å²) >= 11 is 8.40. The lowest BCUT2D eigenvalue weighted by Crippen LogP contribution is -2.04. The fourth-order valence-corrected chi connectivity index (χ4v) is 4.31. The predicted octanol–water partition coefficient (Wildman–Crippen LogP) is 5.62. The number of carbonyl (C=O) groups is 3. The molecular weight excluding hydrogens is 524 g/mol. The van der Waals surface area contributed by atoms with E-state index < -0.39 is 11.9 Å². The molecule has 0 aromatic carbocycles. The molecule has 0 radical (unpaired) electrons. The molecule has 186 valence electrons. The summed E-state index contributed by atoms with van der Waals surface area (Å²) < 4.78 is 9.74. The maximum Gasteiger partial charge on any atom is 0.357 e. The Bertz CT molecular complexity index is 1340. The second-order valence-electron chi connectivity index (χ2n) is 6.87. The molecule has 0 amide bonds. The minimum atomic E-state index is -0.432. The number of thiazole rings is 2. The third kappa shape index (κ3) is 7.23. The van der Waals surface area contributed by atoms with Gasteiger partial charge in [-0.1, -0.05) is 11.6 Å². The molecule has 0 fully saturated rings. The van der Waals surface area contributed by atoms with E-state index in [0.29, 0.717) is 34.8 Å². The van der Waals surface area contributed by atoms with Crippen LogP contribution in [0.3, 0.4) is 0 Å². The Morgan fingerprint density at radius 3 is 1.67 bits per heavy atom. The average Bonchev–Trinajstić information content (AvgIpc) is 3.56. The molecule has 9 nitrogen and oxygen atoms in total. The second-order valence-corrected chi connectivity index (χ2v) is 8.98. The number of Topliss-reactive ketones (excluding diaryl/α,β-unsaturated/α-hetero) is 1. The van der Waals surface area contributed by atoms with E-state index in [1.165, 1.54) is 29.6 Å². The van der Waals surface area contributed by atoms with Crippen LogP contribution in [0, 0.1) is 0 Å². The molecule has 4 heterocycles. The van der Waals surface area contributed by atoms with E-state index in [-0.39, 0.29) is 11.5 Å². The van der Waals surface area contributed by atoms with Gasteiger partial charge in [-0.3, -0.25) is 9.78 Å². The number of esters is 2. The molecule has 0 aliphatic heterocycles. The Labute approximate surface area is 220 Å². The first-order chi connectivity index (χ1) is 17.3. The number of hydrogen-bond acceptors (Lipinski definition) is 11. The summed E-state index contributed by atoms with van der Waals surface area (Å²) in [5.41, 5.74) is 2.62. The van der Waals surface area contributed by atoms with Gasteiger partial charge < -0.3 is 9.47 Å². The van der Waals surface area contributed by atoms with E-state index in [2.05, 4.69) is 19.9 Å². The zero-order valence-corrected chi connectivity index (χ0v) is 21.9. The summed E-state index contributed by atoms with van der Waals surface area (Å²) in [7, 11) is 0. The number of ether oxygens (including phenoxy) is 2. The third-order valence-corrected chi connectivity index (χ3v) is 6.33. The largest absolute Gasteiger partial charge is 0.461 e. The van der Waals surface area contributed by atoms with Crippen LogP contribution in [0.4, 0.5) is 0 Å². The minimum absolute atomic E-state index is 0.0853. The summed E-state index contributed by atoms with van der Waals surface area (Å²) in [6.07, 6.45) is 3.20. The lowest BCUT2D eigenvalue weighted by Gasteiger charge is -1.98. The molecule has 4 rings (SSSR count). The molecule has 4 aromatic rings. The zero-order valence-electron chi connectivity index (χ0n) is 19.6. The quantitative estimate of drug-likeness (QED) is 0.166. The van der Waals surface area contributed by atoms with Crippen LogP contribution in [0.15, 0.2) is 47.4 Å². The number of hydrogen-bond donors (Lipinski definition) is 0. The molecule has 0 N–H and O–H groups in total. The number of ketones is 1. The first-order valence-corrected chi connectivity index (χ1v) is 12.8. The zero-order chi connectivity index (χ0) is 26.1. The summed E-state index contributed by atoms with van der Waals surface area (Å²) in [6.45, 7) is 5.63. The summed E-state index contributed by atoms with van der Waals surface area (Å²) in [5, 5.41) is 5.13. The number of pyridine rings is 2. The van der Waals surface area contributed by atoms with Gasteiger partial charge in [-0.15, -0.1) is 22.7 Å². The van der Waals surface area contributed by atoms with Crippen molar-refractivity contribution in [3.63, 3.8) is 0 Å². The fraction of sp³-hybridized carbons (Fsp3) is 0.208. The van der Waals surface area contributed by atoms with Gasteiger partial charge in [0.15, 0.2) is 17.2 Å².